The first-order valence-corrected chi connectivity index (χ1v) is 22.9. The molecule has 14 rings (SSSR count). The van der Waals surface area contributed by atoms with Crippen molar-refractivity contribution in [2.45, 2.75) is 38.5 Å². The van der Waals surface area contributed by atoms with Gasteiger partial charge in [-0.15, -0.1) is 0 Å². The molecule has 2 nitrogen and oxygen atoms in total. The average Bonchev–Trinajstić information content (AvgIpc) is 3.92. The van der Waals surface area contributed by atoms with Crippen LogP contribution in [-0.2, 0) is 19.3 Å². The fourth-order valence-electron chi connectivity index (χ4n) is 11.3. The summed E-state index contributed by atoms with van der Waals surface area (Å²) in [6.07, 6.45) is 20.6. The number of allylic oxidation sites excluding steroid dienone is 3. The second-order valence-corrected chi connectivity index (χ2v) is 18.1. The van der Waals surface area contributed by atoms with Gasteiger partial charge in [0.1, 0.15) is 22.3 Å². The zero-order valence-corrected chi connectivity index (χ0v) is 35.4. The van der Waals surface area contributed by atoms with E-state index < -0.39 is 0 Å². The Kier molecular flexibility index (Phi) is 7.80. The molecule has 3 aliphatic rings. The van der Waals surface area contributed by atoms with Crippen molar-refractivity contribution in [3.8, 4) is 44.5 Å². The van der Waals surface area contributed by atoms with Crippen LogP contribution < -0.4 is 0 Å². The number of fused-ring (bicyclic) bond motifs is 13. The Morgan fingerprint density at radius 1 is 0.312 bits per heavy atom. The lowest BCUT2D eigenvalue weighted by molar-refractivity contribution is 0.668. The van der Waals surface area contributed by atoms with Crippen molar-refractivity contribution in [2.24, 2.45) is 0 Å². The molecule has 0 saturated heterocycles. The van der Waals surface area contributed by atoms with E-state index in [1.54, 1.807) is 5.56 Å². The highest BCUT2D eigenvalue weighted by Gasteiger charge is 2.21. The van der Waals surface area contributed by atoms with E-state index in [0.717, 1.165) is 82.4 Å². The van der Waals surface area contributed by atoms with Crippen LogP contribution in [0.5, 0.6) is 0 Å². The summed E-state index contributed by atoms with van der Waals surface area (Å²) in [5.41, 5.74) is 22.0. The Morgan fingerprint density at radius 3 is 1.39 bits per heavy atom. The summed E-state index contributed by atoms with van der Waals surface area (Å²) in [5, 5.41) is 9.67. The van der Waals surface area contributed by atoms with Crippen molar-refractivity contribution in [3.05, 3.63) is 197 Å². The van der Waals surface area contributed by atoms with Gasteiger partial charge in [-0.1, -0.05) is 109 Å². The van der Waals surface area contributed by atoms with E-state index in [9.17, 15) is 0 Å². The molecule has 0 unspecified atom stereocenters. The Balaban J connectivity index is 0.834. The van der Waals surface area contributed by atoms with E-state index >= 15 is 0 Å². The quantitative estimate of drug-likeness (QED) is 0.177. The predicted octanol–water partition coefficient (Wildman–Crippen LogP) is 17.3. The van der Waals surface area contributed by atoms with Crippen LogP contribution in [0, 0.1) is 0 Å². The van der Waals surface area contributed by atoms with Crippen LogP contribution in [0.2, 0.25) is 0 Å². The van der Waals surface area contributed by atoms with Crippen molar-refractivity contribution in [1.29, 1.82) is 0 Å². The fraction of sp³-hybridized carbons (Fsp3) is 0.0968. The lowest BCUT2D eigenvalue weighted by Crippen LogP contribution is -2.07. The summed E-state index contributed by atoms with van der Waals surface area (Å²) in [4.78, 5) is 0. The van der Waals surface area contributed by atoms with Crippen LogP contribution in [0.1, 0.15) is 52.6 Å². The van der Waals surface area contributed by atoms with Crippen molar-refractivity contribution >= 4 is 83.6 Å². The molecule has 11 aromatic rings. The van der Waals surface area contributed by atoms with Gasteiger partial charge in [0.15, 0.2) is 0 Å². The minimum Gasteiger partial charge on any atom is -0.456 e. The fourth-order valence-corrected chi connectivity index (χ4v) is 11.3. The highest BCUT2D eigenvalue weighted by Crippen LogP contribution is 2.43. The SMILES string of the molecule is C1=Cc2cc(-c3ccc4oc5ccc(-c6ccc7ccc(-c8ccc9oc%10ccc(-c%11cc%12c(c%13ccccc%11%13)CCC=C%12)cc%10c9c8)cc7c6)cc5c4c3)c3c(c2CC1)CCC=C3. The molecule has 0 amide bonds. The zero-order valence-electron chi connectivity index (χ0n) is 35.4. The van der Waals surface area contributed by atoms with Crippen LogP contribution in [0.4, 0.5) is 0 Å². The van der Waals surface area contributed by atoms with Gasteiger partial charge in [-0.25, -0.2) is 0 Å². The Hall–Kier alpha value is -7.68. The van der Waals surface area contributed by atoms with Crippen LogP contribution in [0.25, 0.3) is 128 Å². The molecule has 0 radical (unpaired) electrons. The zero-order chi connectivity index (χ0) is 41.9. The van der Waals surface area contributed by atoms with E-state index in [2.05, 4.69) is 182 Å². The number of aryl methyl sites for hydroxylation is 1. The van der Waals surface area contributed by atoms with E-state index in [1.807, 2.05) is 0 Å². The number of benzene rings is 9. The van der Waals surface area contributed by atoms with Gasteiger partial charge >= 0.3 is 0 Å². The molecular weight excluding hydrogens is 777 g/mol. The summed E-state index contributed by atoms with van der Waals surface area (Å²) in [7, 11) is 0. The molecule has 2 aromatic heterocycles. The summed E-state index contributed by atoms with van der Waals surface area (Å²) >= 11 is 0. The van der Waals surface area contributed by atoms with Gasteiger partial charge in [-0.2, -0.15) is 0 Å². The maximum absolute atomic E-state index is 6.46. The second kappa shape index (κ2) is 13.9. The van der Waals surface area contributed by atoms with Gasteiger partial charge in [0.05, 0.1) is 0 Å². The normalized spacial score (nSPS) is 14.3. The molecule has 0 fully saturated rings. The Morgan fingerprint density at radius 2 is 0.766 bits per heavy atom. The van der Waals surface area contributed by atoms with E-state index in [1.165, 1.54) is 93.9 Å². The van der Waals surface area contributed by atoms with Crippen molar-refractivity contribution in [2.75, 3.05) is 0 Å². The molecule has 3 aliphatic carbocycles. The molecule has 0 saturated carbocycles. The predicted molar refractivity (Wildman–Crippen MR) is 270 cm³/mol. The lowest BCUT2D eigenvalue weighted by Gasteiger charge is -2.23. The highest BCUT2D eigenvalue weighted by molar-refractivity contribution is 6.11. The minimum atomic E-state index is 0.905. The van der Waals surface area contributed by atoms with Crippen molar-refractivity contribution in [1.82, 2.24) is 0 Å². The van der Waals surface area contributed by atoms with Gasteiger partial charge in [0.2, 0.25) is 0 Å². The number of hydrogen-bond acceptors (Lipinski definition) is 2. The lowest BCUT2D eigenvalue weighted by atomic mass is 9.81. The summed E-state index contributed by atoms with van der Waals surface area (Å²) in [6, 6.07) is 54.1. The number of furan rings is 2. The highest BCUT2D eigenvalue weighted by atomic mass is 16.3. The first-order chi connectivity index (χ1) is 31.7. The molecule has 302 valence electrons. The summed E-state index contributed by atoms with van der Waals surface area (Å²) in [5.74, 6) is 0. The third-order valence-corrected chi connectivity index (χ3v) is 14.4. The molecule has 2 heterocycles. The topological polar surface area (TPSA) is 26.3 Å². The van der Waals surface area contributed by atoms with Gasteiger partial charge in [0, 0.05) is 21.5 Å². The summed E-state index contributed by atoms with van der Waals surface area (Å²) in [6.45, 7) is 0. The first kappa shape index (κ1) is 35.9. The molecule has 64 heavy (non-hydrogen) atoms. The average molecular weight is 819 g/mol. The largest absolute Gasteiger partial charge is 0.456 e. The maximum atomic E-state index is 6.46. The van der Waals surface area contributed by atoms with Gasteiger partial charge < -0.3 is 8.83 Å². The molecular formula is C62H42O2. The van der Waals surface area contributed by atoms with E-state index in [0.29, 0.717) is 0 Å². The van der Waals surface area contributed by atoms with Crippen LogP contribution in [-0.4, -0.2) is 0 Å². The molecule has 0 atom stereocenters. The summed E-state index contributed by atoms with van der Waals surface area (Å²) < 4.78 is 12.9. The molecule has 0 spiro atoms. The van der Waals surface area contributed by atoms with Crippen LogP contribution in [0.3, 0.4) is 0 Å². The second-order valence-electron chi connectivity index (χ2n) is 18.1. The molecule has 0 aliphatic heterocycles. The van der Waals surface area contributed by atoms with Crippen LogP contribution in [0.15, 0.2) is 173 Å². The van der Waals surface area contributed by atoms with Gasteiger partial charge in [0.25, 0.3) is 0 Å². The third-order valence-electron chi connectivity index (χ3n) is 14.4. The number of hydrogen-bond donors (Lipinski definition) is 0. The Labute approximate surface area is 371 Å². The Bertz CT molecular complexity index is 3900. The molecule has 0 bridgehead atoms. The smallest absolute Gasteiger partial charge is 0.135 e. The molecule has 0 N–H and O–H groups in total. The standard InChI is InChI=1S/C62H42O2/c1-3-11-47-42(9-1)33-53(51-15-7-5-13-49(47)51)44-23-27-61-57(35-44)55-31-40(21-25-59(55)63-61)38-19-17-37-18-20-39(30-46(37)29-38)41-22-26-60-56(32-41)58-36-45(24-28-62(58)64-60)54-34-43-10-2-4-12-48(43)50-14-6-8-16-52(50)54/h1-2,5,7-10,13,15-36H,3-4,6,11-12,14H2. The van der Waals surface area contributed by atoms with Crippen molar-refractivity contribution < 1.29 is 8.83 Å². The third kappa shape index (κ3) is 5.58. The van der Waals surface area contributed by atoms with E-state index in [4.69, 9.17) is 8.83 Å². The molecule has 2 heteroatoms. The van der Waals surface area contributed by atoms with Gasteiger partial charge in [-0.3, -0.25) is 0 Å². The number of rotatable bonds is 4. The maximum Gasteiger partial charge on any atom is 0.135 e. The minimum absolute atomic E-state index is 0.905. The monoisotopic (exact) mass is 818 g/mol. The van der Waals surface area contributed by atoms with Crippen molar-refractivity contribution in [3.63, 3.8) is 0 Å². The van der Waals surface area contributed by atoms with Crippen LogP contribution >= 0.6 is 0 Å². The first-order valence-electron chi connectivity index (χ1n) is 22.9. The van der Waals surface area contributed by atoms with Gasteiger partial charge in [-0.05, 0) is 211 Å². The molecule has 9 aromatic carbocycles. The van der Waals surface area contributed by atoms with E-state index in [-0.39, 0.29) is 0 Å².